The van der Waals surface area contributed by atoms with E-state index in [0.717, 1.165) is 23.0 Å². The first-order chi connectivity index (χ1) is 7.26. The Balaban J connectivity index is 2.59. The van der Waals surface area contributed by atoms with Crippen LogP contribution in [-0.2, 0) is 0 Å². The van der Waals surface area contributed by atoms with Crippen molar-refractivity contribution >= 4 is 22.6 Å². The van der Waals surface area contributed by atoms with Crippen molar-refractivity contribution in [2.45, 2.75) is 13.3 Å². The minimum atomic E-state index is -0.240. The Morgan fingerprint density at radius 1 is 1.53 bits per heavy atom. The number of halogens is 1. The molecule has 0 spiro atoms. The second-order valence-corrected chi connectivity index (χ2v) is 4.10. The van der Waals surface area contributed by atoms with Gasteiger partial charge in [-0.05, 0) is 24.6 Å². The second kappa shape index (κ2) is 6.45. The van der Waals surface area contributed by atoms with Crippen LogP contribution in [0, 0.1) is 5.82 Å². The lowest BCUT2D eigenvalue weighted by atomic mass is 10.3. The normalized spacial score (nSPS) is 11.5. The zero-order valence-corrected chi connectivity index (χ0v) is 9.77. The van der Waals surface area contributed by atoms with Crippen LogP contribution in [0.25, 0.3) is 0 Å². The van der Waals surface area contributed by atoms with E-state index in [1.165, 1.54) is 12.1 Å². The molecular weight excluding hydrogens is 211 g/mol. The lowest BCUT2D eigenvalue weighted by molar-refractivity contribution is 0.628. The summed E-state index contributed by atoms with van der Waals surface area (Å²) in [7, 11) is 1.73. The molecule has 0 radical (unpaired) electrons. The fourth-order valence-corrected chi connectivity index (χ4v) is 1.76. The van der Waals surface area contributed by atoms with Gasteiger partial charge in [-0.15, -0.1) is 0 Å². The molecular formula is C11H15FN2S. The van der Waals surface area contributed by atoms with Gasteiger partial charge >= 0.3 is 0 Å². The Kier molecular flexibility index (Phi) is 5.18. The van der Waals surface area contributed by atoms with Crippen LogP contribution in [0.4, 0.5) is 10.1 Å². The maximum absolute atomic E-state index is 12.9. The molecule has 1 aromatic rings. The predicted molar refractivity (Wildman–Crippen MR) is 66.1 cm³/mol. The van der Waals surface area contributed by atoms with Crippen LogP contribution in [0.1, 0.15) is 13.3 Å². The predicted octanol–water partition coefficient (Wildman–Crippen LogP) is 3.37. The summed E-state index contributed by atoms with van der Waals surface area (Å²) in [6.07, 6.45) is 1.09. The van der Waals surface area contributed by atoms with E-state index in [1.54, 1.807) is 24.9 Å². The van der Waals surface area contributed by atoms with E-state index in [2.05, 4.69) is 17.2 Å². The zero-order chi connectivity index (χ0) is 11.1. The number of anilines is 1. The van der Waals surface area contributed by atoms with Crippen LogP contribution in [0.5, 0.6) is 0 Å². The maximum atomic E-state index is 12.9. The Bertz CT molecular complexity index is 339. The van der Waals surface area contributed by atoms with Gasteiger partial charge in [0, 0.05) is 18.5 Å². The highest BCUT2D eigenvalue weighted by Crippen LogP contribution is 2.13. The SMILES string of the molecule is CCCSC(=NC)Nc1cccc(F)c1. The van der Waals surface area contributed by atoms with Gasteiger partial charge in [0.05, 0.1) is 0 Å². The third-order valence-corrected chi connectivity index (χ3v) is 2.89. The van der Waals surface area contributed by atoms with E-state index in [1.807, 2.05) is 6.07 Å². The van der Waals surface area contributed by atoms with Gasteiger partial charge in [0.25, 0.3) is 0 Å². The number of nitrogens with one attached hydrogen (secondary N) is 1. The molecule has 0 saturated heterocycles. The van der Waals surface area contributed by atoms with E-state index < -0.39 is 0 Å². The van der Waals surface area contributed by atoms with Gasteiger partial charge in [-0.3, -0.25) is 4.99 Å². The number of hydrogen-bond donors (Lipinski definition) is 1. The standard InChI is InChI=1S/C11H15FN2S/c1-3-7-15-11(13-2)14-10-6-4-5-9(12)8-10/h4-6,8H,3,7H2,1-2H3,(H,13,14). The summed E-state index contributed by atoms with van der Waals surface area (Å²) < 4.78 is 12.9. The van der Waals surface area contributed by atoms with Crippen molar-refractivity contribution < 1.29 is 4.39 Å². The molecule has 0 aliphatic heterocycles. The van der Waals surface area contributed by atoms with Gasteiger partial charge in [-0.25, -0.2) is 4.39 Å². The Morgan fingerprint density at radius 2 is 2.33 bits per heavy atom. The number of thioether (sulfide) groups is 1. The minimum Gasteiger partial charge on any atom is -0.335 e. The highest BCUT2D eigenvalue weighted by Gasteiger charge is 2.00. The van der Waals surface area contributed by atoms with E-state index in [-0.39, 0.29) is 5.82 Å². The number of aliphatic imine (C=N–C) groups is 1. The summed E-state index contributed by atoms with van der Waals surface area (Å²) in [5.74, 6) is 0.769. The highest BCUT2D eigenvalue weighted by molar-refractivity contribution is 8.14. The smallest absolute Gasteiger partial charge is 0.160 e. The average Bonchev–Trinajstić information content (AvgIpc) is 2.24. The number of rotatable bonds is 3. The van der Waals surface area contributed by atoms with Gasteiger partial charge in [0.15, 0.2) is 5.17 Å². The average molecular weight is 226 g/mol. The van der Waals surface area contributed by atoms with Crippen molar-refractivity contribution in [3.8, 4) is 0 Å². The highest BCUT2D eigenvalue weighted by atomic mass is 32.2. The lowest BCUT2D eigenvalue weighted by Gasteiger charge is -2.07. The molecule has 0 aliphatic carbocycles. The van der Waals surface area contributed by atoms with Crippen LogP contribution in [0.2, 0.25) is 0 Å². The van der Waals surface area contributed by atoms with Gasteiger partial charge in [-0.1, -0.05) is 24.8 Å². The van der Waals surface area contributed by atoms with Gasteiger partial charge < -0.3 is 5.32 Å². The number of hydrogen-bond acceptors (Lipinski definition) is 2. The van der Waals surface area contributed by atoms with Crippen LogP contribution in [0.3, 0.4) is 0 Å². The largest absolute Gasteiger partial charge is 0.335 e. The van der Waals surface area contributed by atoms with Crippen LogP contribution in [0.15, 0.2) is 29.3 Å². The third-order valence-electron chi connectivity index (χ3n) is 1.72. The Labute approximate surface area is 94.0 Å². The number of nitrogens with zero attached hydrogens (tertiary/aromatic N) is 1. The molecule has 1 aromatic carbocycles. The summed E-state index contributed by atoms with van der Waals surface area (Å²) in [4.78, 5) is 4.10. The summed E-state index contributed by atoms with van der Waals surface area (Å²) in [6.45, 7) is 2.11. The van der Waals surface area contributed by atoms with E-state index >= 15 is 0 Å². The molecule has 0 unspecified atom stereocenters. The van der Waals surface area contributed by atoms with Crippen molar-refractivity contribution in [1.82, 2.24) is 0 Å². The summed E-state index contributed by atoms with van der Waals surface area (Å²) in [5.41, 5.74) is 0.735. The van der Waals surface area contributed by atoms with Gasteiger partial charge in [-0.2, -0.15) is 0 Å². The maximum Gasteiger partial charge on any atom is 0.160 e. The minimum absolute atomic E-state index is 0.240. The van der Waals surface area contributed by atoms with Gasteiger partial charge in [0.1, 0.15) is 5.82 Å². The van der Waals surface area contributed by atoms with Crippen molar-refractivity contribution in [2.24, 2.45) is 4.99 Å². The number of benzene rings is 1. The van der Waals surface area contributed by atoms with Crippen LogP contribution < -0.4 is 5.32 Å². The number of amidine groups is 1. The molecule has 82 valence electrons. The molecule has 1 N–H and O–H groups in total. The summed E-state index contributed by atoms with van der Waals surface area (Å²) in [5, 5.41) is 3.90. The summed E-state index contributed by atoms with van der Waals surface area (Å²) >= 11 is 1.64. The fourth-order valence-electron chi connectivity index (χ4n) is 1.04. The summed E-state index contributed by atoms with van der Waals surface area (Å²) in [6, 6.07) is 6.38. The molecule has 0 amide bonds. The molecule has 0 fully saturated rings. The van der Waals surface area contributed by atoms with Crippen molar-refractivity contribution in [3.63, 3.8) is 0 Å². The molecule has 1 rings (SSSR count). The van der Waals surface area contributed by atoms with Crippen molar-refractivity contribution in [3.05, 3.63) is 30.1 Å². The van der Waals surface area contributed by atoms with E-state index in [0.29, 0.717) is 0 Å². The van der Waals surface area contributed by atoms with E-state index in [4.69, 9.17) is 0 Å². The molecule has 2 nitrogen and oxygen atoms in total. The first-order valence-electron chi connectivity index (χ1n) is 4.88. The Hall–Kier alpha value is -1.03. The quantitative estimate of drug-likeness (QED) is 0.631. The van der Waals surface area contributed by atoms with Crippen molar-refractivity contribution in [1.29, 1.82) is 0 Å². The molecule has 4 heteroatoms. The third kappa shape index (κ3) is 4.34. The van der Waals surface area contributed by atoms with Gasteiger partial charge in [0.2, 0.25) is 0 Å². The first-order valence-corrected chi connectivity index (χ1v) is 5.87. The van der Waals surface area contributed by atoms with E-state index in [9.17, 15) is 4.39 Å². The van der Waals surface area contributed by atoms with Crippen molar-refractivity contribution in [2.75, 3.05) is 18.1 Å². The first kappa shape index (κ1) is 12.0. The monoisotopic (exact) mass is 226 g/mol. The molecule has 15 heavy (non-hydrogen) atoms. The topological polar surface area (TPSA) is 24.4 Å². The molecule has 0 aromatic heterocycles. The molecule has 0 bridgehead atoms. The molecule has 0 aliphatic rings. The molecule has 0 atom stereocenters. The molecule has 0 saturated carbocycles. The fraction of sp³-hybridized carbons (Fsp3) is 0.364. The molecule has 0 heterocycles. The lowest BCUT2D eigenvalue weighted by Crippen LogP contribution is -2.08. The second-order valence-electron chi connectivity index (χ2n) is 3.01. The zero-order valence-electron chi connectivity index (χ0n) is 8.96. The Morgan fingerprint density at radius 3 is 2.93 bits per heavy atom. The van der Waals surface area contributed by atoms with Crippen LogP contribution >= 0.6 is 11.8 Å². The van der Waals surface area contributed by atoms with Crippen LogP contribution in [-0.4, -0.2) is 18.0 Å².